The van der Waals surface area contributed by atoms with Gasteiger partial charge in [-0.15, -0.1) is 0 Å². The first kappa shape index (κ1) is 16.5. The quantitative estimate of drug-likeness (QED) is 0.772. The molecule has 1 aliphatic rings. The van der Waals surface area contributed by atoms with Gasteiger partial charge >= 0.3 is 0 Å². The van der Waals surface area contributed by atoms with Gasteiger partial charge in [-0.1, -0.05) is 46.5 Å². The Kier molecular flexibility index (Phi) is 6.75. The van der Waals surface area contributed by atoms with Crippen molar-refractivity contribution in [3.05, 3.63) is 18.0 Å². The average molecular weight is 291 g/mol. The number of rotatable bonds is 8. The van der Waals surface area contributed by atoms with Gasteiger partial charge in [0.1, 0.15) is 0 Å². The van der Waals surface area contributed by atoms with E-state index in [0.717, 1.165) is 18.9 Å². The van der Waals surface area contributed by atoms with Gasteiger partial charge in [0.25, 0.3) is 0 Å². The van der Waals surface area contributed by atoms with Crippen LogP contribution in [0.3, 0.4) is 0 Å². The molecule has 2 rings (SSSR count). The van der Waals surface area contributed by atoms with Crippen LogP contribution in [0.2, 0.25) is 0 Å². The number of nitrogens with zero attached hydrogens (tertiary/aromatic N) is 2. The lowest BCUT2D eigenvalue weighted by molar-refractivity contribution is 0.323. The third kappa shape index (κ3) is 4.84. The van der Waals surface area contributed by atoms with Crippen molar-refractivity contribution in [3.63, 3.8) is 0 Å². The van der Waals surface area contributed by atoms with Crippen molar-refractivity contribution in [3.8, 4) is 0 Å². The van der Waals surface area contributed by atoms with Gasteiger partial charge in [0.2, 0.25) is 0 Å². The Bertz CT molecular complexity index is 393. The van der Waals surface area contributed by atoms with E-state index < -0.39 is 0 Å². The monoisotopic (exact) mass is 291 g/mol. The fourth-order valence-corrected chi connectivity index (χ4v) is 3.65. The first-order valence-corrected chi connectivity index (χ1v) is 9.02. The number of nitrogens with one attached hydrogen (secondary N) is 1. The standard InChI is InChI=1S/C18H33N3/c1-4-9-15(3)18(19-5-2)14-16-12-13-21(20-16)17-10-7-6-8-11-17/h12-13,15,17-19H,4-11,14H2,1-3H3. The summed E-state index contributed by atoms with van der Waals surface area (Å²) in [5, 5.41) is 8.53. The SMILES string of the molecule is CCCC(C)C(Cc1ccn(C2CCCCC2)n1)NCC. The largest absolute Gasteiger partial charge is 0.314 e. The van der Waals surface area contributed by atoms with Crippen molar-refractivity contribution in [2.24, 2.45) is 5.92 Å². The maximum atomic E-state index is 4.88. The van der Waals surface area contributed by atoms with E-state index in [1.54, 1.807) is 0 Å². The van der Waals surface area contributed by atoms with Crippen LogP contribution < -0.4 is 5.32 Å². The number of hydrogen-bond donors (Lipinski definition) is 1. The zero-order valence-corrected chi connectivity index (χ0v) is 14.1. The van der Waals surface area contributed by atoms with Gasteiger partial charge in [-0.05, 0) is 37.8 Å². The van der Waals surface area contributed by atoms with Crippen LogP contribution in [0, 0.1) is 5.92 Å². The first-order chi connectivity index (χ1) is 10.2. The van der Waals surface area contributed by atoms with E-state index in [1.165, 1.54) is 50.6 Å². The lowest BCUT2D eigenvalue weighted by Gasteiger charge is -2.24. The van der Waals surface area contributed by atoms with Crippen LogP contribution in [0.25, 0.3) is 0 Å². The summed E-state index contributed by atoms with van der Waals surface area (Å²) in [6.45, 7) is 7.89. The molecule has 1 aromatic rings. The highest BCUT2D eigenvalue weighted by molar-refractivity contribution is 5.03. The molecule has 1 aromatic heterocycles. The lowest BCUT2D eigenvalue weighted by Crippen LogP contribution is -2.37. The van der Waals surface area contributed by atoms with Gasteiger partial charge in [-0.3, -0.25) is 4.68 Å². The predicted molar refractivity (Wildman–Crippen MR) is 89.6 cm³/mol. The van der Waals surface area contributed by atoms with Gasteiger partial charge < -0.3 is 5.32 Å². The molecule has 120 valence electrons. The molecular weight excluding hydrogens is 258 g/mol. The van der Waals surface area contributed by atoms with Crippen molar-refractivity contribution >= 4 is 0 Å². The molecule has 0 aliphatic heterocycles. The second-order valence-electron chi connectivity index (χ2n) is 6.71. The van der Waals surface area contributed by atoms with E-state index in [2.05, 4.69) is 43.0 Å². The minimum atomic E-state index is 0.560. The van der Waals surface area contributed by atoms with Crippen LogP contribution in [-0.4, -0.2) is 22.4 Å². The van der Waals surface area contributed by atoms with Crippen LogP contribution in [-0.2, 0) is 6.42 Å². The molecule has 0 radical (unpaired) electrons. The molecule has 0 spiro atoms. The highest BCUT2D eigenvalue weighted by atomic mass is 15.3. The van der Waals surface area contributed by atoms with Crippen molar-refractivity contribution in [2.45, 2.75) is 84.2 Å². The fourth-order valence-electron chi connectivity index (χ4n) is 3.65. The van der Waals surface area contributed by atoms with Gasteiger partial charge in [0.05, 0.1) is 11.7 Å². The highest BCUT2D eigenvalue weighted by Crippen LogP contribution is 2.27. The second kappa shape index (κ2) is 8.57. The summed E-state index contributed by atoms with van der Waals surface area (Å²) >= 11 is 0. The first-order valence-electron chi connectivity index (χ1n) is 9.02. The molecule has 0 amide bonds. The minimum absolute atomic E-state index is 0.560. The molecule has 0 aromatic carbocycles. The Hall–Kier alpha value is -0.830. The summed E-state index contributed by atoms with van der Waals surface area (Å²) in [6.07, 6.45) is 12.6. The van der Waals surface area contributed by atoms with E-state index >= 15 is 0 Å². The number of likely N-dealkylation sites (N-methyl/N-ethyl adjacent to an activating group) is 1. The Morgan fingerprint density at radius 2 is 2.05 bits per heavy atom. The zero-order valence-electron chi connectivity index (χ0n) is 14.1. The smallest absolute Gasteiger partial charge is 0.0640 e. The fraction of sp³-hybridized carbons (Fsp3) is 0.833. The van der Waals surface area contributed by atoms with E-state index in [1.807, 2.05) is 0 Å². The Balaban J connectivity index is 1.95. The third-order valence-corrected chi connectivity index (χ3v) is 4.94. The van der Waals surface area contributed by atoms with E-state index in [4.69, 9.17) is 5.10 Å². The van der Waals surface area contributed by atoms with Gasteiger partial charge in [0.15, 0.2) is 0 Å². The van der Waals surface area contributed by atoms with Crippen LogP contribution in [0.5, 0.6) is 0 Å². The maximum absolute atomic E-state index is 4.88. The molecule has 3 heteroatoms. The van der Waals surface area contributed by atoms with Crippen LogP contribution in [0.1, 0.15) is 77.5 Å². The number of aromatic nitrogens is 2. The summed E-state index contributed by atoms with van der Waals surface area (Å²) in [5.74, 6) is 0.717. The van der Waals surface area contributed by atoms with Gasteiger partial charge in [-0.2, -0.15) is 5.10 Å². The average Bonchev–Trinajstić information content (AvgIpc) is 2.96. The van der Waals surface area contributed by atoms with Crippen LogP contribution >= 0.6 is 0 Å². The molecular formula is C18H33N3. The molecule has 3 nitrogen and oxygen atoms in total. The second-order valence-corrected chi connectivity index (χ2v) is 6.71. The third-order valence-electron chi connectivity index (χ3n) is 4.94. The summed E-state index contributed by atoms with van der Waals surface area (Å²) in [5.41, 5.74) is 1.26. The molecule has 0 saturated heterocycles. The Labute approximate surface area is 130 Å². The predicted octanol–water partition coefficient (Wildman–Crippen LogP) is 4.35. The van der Waals surface area contributed by atoms with Gasteiger partial charge in [0, 0.05) is 18.7 Å². The van der Waals surface area contributed by atoms with Gasteiger partial charge in [-0.25, -0.2) is 0 Å². The van der Waals surface area contributed by atoms with Crippen molar-refractivity contribution in [2.75, 3.05) is 6.54 Å². The van der Waals surface area contributed by atoms with Crippen molar-refractivity contribution in [1.82, 2.24) is 15.1 Å². The normalized spacial score (nSPS) is 19.6. The minimum Gasteiger partial charge on any atom is -0.314 e. The molecule has 1 fully saturated rings. The van der Waals surface area contributed by atoms with Crippen LogP contribution in [0.15, 0.2) is 12.3 Å². The molecule has 2 atom stereocenters. The van der Waals surface area contributed by atoms with E-state index in [0.29, 0.717) is 12.1 Å². The van der Waals surface area contributed by atoms with Crippen molar-refractivity contribution in [1.29, 1.82) is 0 Å². The number of hydrogen-bond acceptors (Lipinski definition) is 2. The molecule has 2 unspecified atom stereocenters. The lowest BCUT2D eigenvalue weighted by atomic mass is 9.93. The topological polar surface area (TPSA) is 29.9 Å². The zero-order chi connectivity index (χ0) is 15.1. The van der Waals surface area contributed by atoms with Crippen molar-refractivity contribution < 1.29 is 0 Å². The molecule has 0 bridgehead atoms. The molecule has 1 aliphatic carbocycles. The summed E-state index contributed by atoms with van der Waals surface area (Å²) < 4.78 is 2.24. The Morgan fingerprint density at radius 1 is 1.29 bits per heavy atom. The molecule has 1 heterocycles. The van der Waals surface area contributed by atoms with Crippen LogP contribution in [0.4, 0.5) is 0 Å². The summed E-state index contributed by atoms with van der Waals surface area (Å²) in [6, 6.07) is 3.44. The molecule has 21 heavy (non-hydrogen) atoms. The summed E-state index contributed by atoms with van der Waals surface area (Å²) in [4.78, 5) is 0. The van der Waals surface area contributed by atoms with E-state index in [9.17, 15) is 0 Å². The molecule has 1 N–H and O–H groups in total. The molecule has 1 saturated carbocycles. The Morgan fingerprint density at radius 3 is 2.71 bits per heavy atom. The highest BCUT2D eigenvalue weighted by Gasteiger charge is 2.19. The maximum Gasteiger partial charge on any atom is 0.0640 e. The summed E-state index contributed by atoms with van der Waals surface area (Å²) in [7, 11) is 0. The van der Waals surface area contributed by atoms with E-state index in [-0.39, 0.29) is 0 Å².